The number of carbonyl (C=O) groups excluding carboxylic acids is 4. The molecule has 0 bridgehead atoms. The highest BCUT2D eigenvalue weighted by Crippen LogP contribution is 2.35. The number of fused-ring (bicyclic) bond motifs is 1. The number of amides is 4. The molecule has 1 saturated heterocycles. The molecule has 2 heterocycles. The Morgan fingerprint density at radius 3 is 2.43 bits per heavy atom. The van der Waals surface area contributed by atoms with Gasteiger partial charge in [-0.05, 0) is 35.0 Å². The Labute approximate surface area is 222 Å². The van der Waals surface area contributed by atoms with Gasteiger partial charge in [-0.15, -0.1) is 0 Å². The van der Waals surface area contributed by atoms with Crippen LogP contribution in [0.1, 0.15) is 39.9 Å². The number of alkyl halides is 2. The molecule has 15 heteroatoms. The van der Waals surface area contributed by atoms with Crippen LogP contribution in [-0.2, 0) is 32.2 Å². The van der Waals surface area contributed by atoms with Crippen molar-refractivity contribution in [2.24, 2.45) is 0 Å². The summed E-state index contributed by atoms with van der Waals surface area (Å²) in [6.45, 7) is 0.140. The van der Waals surface area contributed by atoms with Crippen LogP contribution in [-0.4, -0.2) is 78.7 Å². The van der Waals surface area contributed by atoms with E-state index in [4.69, 9.17) is 11.6 Å². The van der Waals surface area contributed by atoms with Gasteiger partial charge in [0.1, 0.15) is 37.4 Å². The molecule has 0 aliphatic carbocycles. The largest absolute Gasteiger partial charge is 0.393 e. The van der Waals surface area contributed by atoms with Crippen LogP contribution in [0, 0.1) is 0 Å². The fraction of sp³-hybridized carbons (Fsp3) is 0.273. The Balaban J connectivity index is 1.60. The fourth-order valence-corrected chi connectivity index (χ4v) is 5.07. The third-order valence-electron chi connectivity index (χ3n) is 7.49. The van der Waals surface area contributed by atoms with Gasteiger partial charge >= 0.3 is 5.92 Å². The first-order valence-corrected chi connectivity index (χ1v) is 12.3. The summed E-state index contributed by atoms with van der Waals surface area (Å²) in [5.41, 5.74) is 1.83. The van der Waals surface area contributed by atoms with Gasteiger partial charge in [-0.3, -0.25) is 24.5 Å². The summed E-state index contributed by atoms with van der Waals surface area (Å²) in [6, 6.07) is 6.82. The van der Waals surface area contributed by atoms with Crippen LogP contribution in [0.4, 0.5) is 8.78 Å². The minimum Gasteiger partial charge on any atom is -0.393 e. The molecule has 4 rings (SSSR count). The van der Waals surface area contributed by atoms with Gasteiger partial charge in [0.05, 0.1) is 0 Å². The van der Waals surface area contributed by atoms with Gasteiger partial charge in [0, 0.05) is 29.1 Å². The number of rotatable bonds is 5. The van der Waals surface area contributed by atoms with Crippen molar-refractivity contribution in [3.63, 3.8) is 0 Å². The maximum Gasteiger partial charge on any atom is 0.348 e. The third-order valence-corrected chi connectivity index (χ3v) is 7.89. The standard InChI is InChI=1S/C22H23B5ClF2N3O4/c23-13-7-15(28)14(24)6-12(13)21(29,30)20(37)33(27)22(25,26)10-1-2-11-9(5-10)8-32(19(11)36)16-3-4-17(34)31-18(16)35/h1-2,5-7,16H,3-4,8,23-27H2,(H,31,34,35). The summed E-state index contributed by atoms with van der Waals surface area (Å²) in [5.74, 6) is -6.38. The molecule has 2 aromatic rings. The quantitative estimate of drug-likeness (QED) is 0.323. The highest BCUT2D eigenvalue weighted by atomic mass is 35.5. The van der Waals surface area contributed by atoms with E-state index in [1.54, 1.807) is 41.7 Å². The second kappa shape index (κ2) is 9.38. The van der Waals surface area contributed by atoms with Crippen molar-refractivity contribution < 1.29 is 28.0 Å². The molecule has 0 spiro atoms. The summed E-state index contributed by atoms with van der Waals surface area (Å²) < 4.78 is 30.9. The predicted octanol–water partition coefficient (Wildman–Crippen LogP) is -3.84. The third kappa shape index (κ3) is 4.60. The van der Waals surface area contributed by atoms with Crippen LogP contribution in [0.3, 0.4) is 0 Å². The Hall–Kier alpha value is -3.01. The van der Waals surface area contributed by atoms with Crippen LogP contribution in [0.25, 0.3) is 0 Å². The normalized spacial score (nSPS) is 18.0. The molecule has 0 saturated carbocycles. The molecule has 7 nitrogen and oxygen atoms in total. The minimum atomic E-state index is -3.79. The summed E-state index contributed by atoms with van der Waals surface area (Å²) in [6.07, 6.45) is 0.376. The molecule has 0 radical (unpaired) electrons. The van der Waals surface area contributed by atoms with Gasteiger partial charge in [-0.1, -0.05) is 40.7 Å². The zero-order valence-electron chi connectivity index (χ0n) is 21.2. The van der Waals surface area contributed by atoms with Crippen LogP contribution < -0.4 is 16.2 Å². The molecular formula is C22H23B5ClF2N3O4. The second-order valence-corrected chi connectivity index (χ2v) is 10.6. The van der Waals surface area contributed by atoms with E-state index in [-0.39, 0.29) is 36.7 Å². The molecule has 1 atom stereocenters. The van der Waals surface area contributed by atoms with Crippen LogP contribution in [0.5, 0.6) is 0 Å². The Morgan fingerprint density at radius 1 is 1.11 bits per heavy atom. The zero-order valence-corrected chi connectivity index (χ0v) is 22.0. The number of hydrogen-bond donors (Lipinski definition) is 1. The van der Waals surface area contributed by atoms with E-state index >= 15 is 8.78 Å². The first kappa shape index (κ1) is 27.0. The number of nitrogens with one attached hydrogen (secondary N) is 1. The summed E-state index contributed by atoms with van der Waals surface area (Å²) >= 11 is 6.06. The van der Waals surface area contributed by atoms with Gasteiger partial charge in [-0.2, -0.15) is 8.78 Å². The molecule has 0 aromatic heterocycles. The average molecular weight is 521 g/mol. The maximum absolute atomic E-state index is 15.5. The van der Waals surface area contributed by atoms with E-state index in [1.807, 2.05) is 0 Å². The monoisotopic (exact) mass is 521 g/mol. The SMILES string of the molecule is Bc1cc(C(F)(F)C(=O)N(B)C(B)(B)c2ccc3c(c2)CN(C2CCC(=O)NC2=O)C3=O)c(B)cc1Cl. The number of benzene rings is 2. The lowest BCUT2D eigenvalue weighted by molar-refractivity contribution is -0.155. The van der Waals surface area contributed by atoms with Gasteiger partial charge in [-0.25, -0.2) is 0 Å². The molecule has 4 amide bonds. The van der Waals surface area contributed by atoms with E-state index in [0.29, 0.717) is 27.2 Å². The first-order chi connectivity index (χ1) is 17.2. The van der Waals surface area contributed by atoms with E-state index in [2.05, 4.69) is 5.32 Å². The lowest BCUT2D eigenvalue weighted by Gasteiger charge is -2.40. The number of carbonyl (C=O) groups is 4. The molecule has 1 fully saturated rings. The van der Waals surface area contributed by atoms with E-state index < -0.39 is 34.7 Å². The lowest BCUT2D eigenvalue weighted by atomic mass is 9.55. The van der Waals surface area contributed by atoms with Crippen molar-refractivity contribution in [3.8, 4) is 0 Å². The first-order valence-electron chi connectivity index (χ1n) is 11.9. The van der Waals surface area contributed by atoms with E-state index in [0.717, 1.165) is 4.81 Å². The maximum atomic E-state index is 15.5. The smallest absolute Gasteiger partial charge is 0.348 e. The summed E-state index contributed by atoms with van der Waals surface area (Å²) in [7, 11) is 7.71. The van der Waals surface area contributed by atoms with Crippen molar-refractivity contribution in [2.45, 2.75) is 36.7 Å². The van der Waals surface area contributed by atoms with Gasteiger partial charge in [0.15, 0.2) is 0 Å². The second-order valence-electron chi connectivity index (χ2n) is 10.2. The molecule has 1 unspecified atom stereocenters. The Bertz CT molecular complexity index is 1360. The minimum absolute atomic E-state index is 0.140. The predicted molar refractivity (Wildman–Crippen MR) is 148 cm³/mol. The highest BCUT2D eigenvalue weighted by molar-refractivity contribution is 6.47. The Kier molecular flexibility index (Phi) is 6.86. The number of halogens is 3. The summed E-state index contributed by atoms with van der Waals surface area (Å²) in [5, 5.41) is 1.45. The number of hydrogen-bond acceptors (Lipinski definition) is 4. The van der Waals surface area contributed by atoms with Crippen molar-refractivity contribution in [1.82, 2.24) is 15.0 Å². The number of nitrogens with zero attached hydrogens (tertiary/aromatic N) is 2. The Morgan fingerprint density at radius 2 is 1.78 bits per heavy atom. The van der Waals surface area contributed by atoms with Crippen molar-refractivity contribution in [1.29, 1.82) is 0 Å². The van der Waals surface area contributed by atoms with Gasteiger partial charge < -0.3 is 9.71 Å². The van der Waals surface area contributed by atoms with Crippen LogP contribution >= 0.6 is 11.6 Å². The molecule has 2 aliphatic rings. The molecule has 2 aromatic carbocycles. The molecular weight excluding hydrogens is 498 g/mol. The molecule has 2 aliphatic heterocycles. The number of imide groups is 1. The van der Waals surface area contributed by atoms with Gasteiger partial charge in [0.2, 0.25) is 19.8 Å². The van der Waals surface area contributed by atoms with Crippen molar-refractivity contribution >= 4 is 85.5 Å². The average Bonchev–Trinajstić information content (AvgIpc) is 3.15. The summed E-state index contributed by atoms with van der Waals surface area (Å²) in [4.78, 5) is 52.4. The number of piperidine rings is 1. The van der Waals surface area contributed by atoms with Gasteiger partial charge in [0.25, 0.3) is 11.8 Å². The molecule has 1 N–H and O–H groups in total. The van der Waals surface area contributed by atoms with Crippen LogP contribution in [0.2, 0.25) is 5.02 Å². The van der Waals surface area contributed by atoms with Crippen molar-refractivity contribution in [3.05, 3.63) is 57.6 Å². The zero-order chi connectivity index (χ0) is 27.4. The van der Waals surface area contributed by atoms with Crippen molar-refractivity contribution in [2.75, 3.05) is 0 Å². The van der Waals surface area contributed by atoms with E-state index in [1.165, 1.54) is 32.9 Å². The van der Waals surface area contributed by atoms with E-state index in [9.17, 15) is 19.2 Å². The highest BCUT2D eigenvalue weighted by Gasteiger charge is 2.47. The lowest BCUT2D eigenvalue weighted by Crippen LogP contribution is -2.54. The molecule has 37 heavy (non-hydrogen) atoms. The topological polar surface area (TPSA) is 86.8 Å². The molecule has 186 valence electrons. The van der Waals surface area contributed by atoms with Crippen LogP contribution in [0.15, 0.2) is 30.3 Å². The fourth-order valence-electron chi connectivity index (χ4n) is 4.85.